The van der Waals surface area contributed by atoms with Crippen LogP contribution < -0.4 is 0 Å². The van der Waals surface area contributed by atoms with Gasteiger partial charge in [0.2, 0.25) is 0 Å². The van der Waals surface area contributed by atoms with E-state index in [0.29, 0.717) is 0 Å². The third-order valence-electron chi connectivity index (χ3n) is 12.0. The summed E-state index contributed by atoms with van der Waals surface area (Å²) < 4.78 is 24.7. The number of carbonyl (C=O) groups is 3. The quantitative estimate of drug-likeness (QED) is 0.0393. The summed E-state index contributed by atoms with van der Waals surface area (Å²) in [6.45, 7) is 12.6. The Hall–Kier alpha value is -1.67. The zero-order valence-electron chi connectivity index (χ0n) is 35.4. The number of ether oxygens (including phenoxy) is 4. The van der Waals surface area contributed by atoms with Crippen molar-refractivity contribution in [3.05, 3.63) is 0 Å². The number of nitrogens with zero attached hydrogens (tertiary/aromatic N) is 1. The maximum atomic E-state index is 14.0. The first kappa shape index (κ1) is 47.5. The predicted octanol–water partition coefficient (Wildman–Crippen LogP) is 11.2. The van der Waals surface area contributed by atoms with E-state index in [9.17, 15) is 14.4 Å². The Morgan fingerprint density at radius 2 is 1.02 bits per heavy atom. The highest BCUT2D eigenvalue weighted by Gasteiger charge is 2.46. The van der Waals surface area contributed by atoms with Crippen molar-refractivity contribution in [3.63, 3.8) is 0 Å². The Morgan fingerprint density at radius 1 is 0.623 bits per heavy atom. The van der Waals surface area contributed by atoms with Gasteiger partial charge in [-0.05, 0) is 65.6 Å². The summed E-state index contributed by atoms with van der Waals surface area (Å²) >= 11 is 0. The van der Waals surface area contributed by atoms with Gasteiger partial charge in [0.15, 0.2) is 12.2 Å². The van der Waals surface area contributed by atoms with E-state index in [0.717, 1.165) is 122 Å². The van der Waals surface area contributed by atoms with Gasteiger partial charge < -0.3 is 23.8 Å². The van der Waals surface area contributed by atoms with Crippen molar-refractivity contribution in [2.24, 2.45) is 17.3 Å². The van der Waals surface area contributed by atoms with Crippen LogP contribution in [-0.4, -0.2) is 74.5 Å². The van der Waals surface area contributed by atoms with Crippen LogP contribution in [0.2, 0.25) is 0 Å². The molecule has 0 aromatic heterocycles. The molecule has 0 N–H and O–H groups in total. The van der Waals surface area contributed by atoms with E-state index >= 15 is 0 Å². The van der Waals surface area contributed by atoms with Gasteiger partial charge in [0.1, 0.15) is 12.7 Å². The molecule has 0 aromatic rings. The van der Waals surface area contributed by atoms with Crippen LogP contribution in [0.25, 0.3) is 0 Å². The molecule has 0 bridgehead atoms. The molecule has 0 aromatic carbocycles. The van der Waals surface area contributed by atoms with E-state index < -0.39 is 23.7 Å². The Bertz CT molecular complexity index is 964. The Kier molecular flexibility index (Phi) is 25.7. The Balaban J connectivity index is 2.18. The van der Waals surface area contributed by atoms with Gasteiger partial charge in [-0.15, -0.1) is 0 Å². The molecule has 5 atom stereocenters. The number of unbranched alkanes of at least 4 members (excludes halogenated alkanes) is 16. The van der Waals surface area contributed by atoms with Gasteiger partial charge in [-0.3, -0.25) is 14.4 Å². The standard InChI is InChI=1S/C45H83NO7/c1-7-11-15-19-21-25-29-37(27-23-17-13-9-3)42(47)52-40-36-50-39(35-51-44(49)45(5)31-33-46(6)34-32-45)41(40)53-43(48)38(28-24-18-14-10-4)30-26-22-20-16-12-8-2/h37-41H,7-36H2,1-6H3/t37?,38?,39-,40?,41+/m1/s1. The number of likely N-dealkylation sites (tertiary alicyclic amines) is 1. The summed E-state index contributed by atoms with van der Waals surface area (Å²) in [4.78, 5) is 43.5. The number of piperidine rings is 1. The molecular formula is C45H83NO7. The third-order valence-corrected chi connectivity index (χ3v) is 12.0. The maximum absolute atomic E-state index is 14.0. The number of hydrogen-bond acceptors (Lipinski definition) is 8. The second-order valence-electron chi connectivity index (χ2n) is 16.9. The normalized spacial score (nSPS) is 21.3. The van der Waals surface area contributed by atoms with Crippen molar-refractivity contribution in [1.82, 2.24) is 4.90 Å². The number of rotatable bonds is 31. The fourth-order valence-electron chi connectivity index (χ4n) is 7.90. The molecule has 2 aliphatic heterocycles. The van der Waals surface area contributed by atoms with Crippen molar-refractivity contribution < 1.29 is 33.3 Å². The molecule has 0 spiro atoms. The van der Waals surface area contributed by atoms with Gasteiger partial charge >= 0.3 is 17.9 Å². The van der Waals surface area contributed by atoms with Gasteiger partial charge in [0.05, 0.1) is 23.9 Å². The van der Waals surface area contributed by atoms with Crippen LogP contribution in [0.5, 0.6) is 0 Å². The number of carbonyl (C=O) groups excluding carboxylic acids is 3. The molecule has 2 saturated heterocycles. The lowest BCUT2D eigenvalue weighted by Gasteiger charge is -2.36. The molecule has 2 heterocycles. The summed E-state index contributed by atoms with van der Waals surface area (Å²) in [6, 6.07) is 0. The van der Waals surface area contributed by atoms with Crippen molar-refractivity contribution in [2.45, 2.75) is 220 Å². The van der Waals surface area contributed by atoms with Crippen LogP contribution in [0.1, 0.15) is 202 Å². The molecule has 2 rings (SSSR count). The van der Waals surface area contributed by atoms with Crippen LogP contribution in [-0.2, 0) is 33.3 Å². The molecule has 3 unspecified atom stereocenters. The van der Waals surface area contributed by atoms with E-state index in [1.807, 2.05) is 6.92 Å². The smallest absolute Gasteiger partial charge is 0.311 e. The third kappa shape index (κ3) is 19.2. The highest BCUT2D eigenvalue weighted by Crippen LogP contribution is 2.33. The molecule has 53 heavy (non-hydrogen) atoms. The van der Waals surface area contributed by atoms with Crippen LogP contribution in [0.3, 0.4) is 0 Å². The Morgan fingerprint density at radius 3 is 1.47 bits per heavy atom. The summed E-state index contributed by atoms with van der Waals surface area (Å²) in [6.07, 6.45) is 25.5. The van der Waals surface area contributed by atoms with Crippen LogP contribution >= 0.6 is 0 Å². The average Bonchev–Trinajstić information content (AvgIpc) is 3.52. The van der Waals surface area contributed by atoms with E-state index in [1.54, 1.807) is 0 Å². The van der Waals surface area contributed by atoms with E-state index in [-0.39, 0.29) is 43.0 Å². The second-order valence-corrected chi connectivity index (χ2v) is 16.9. The van der Waals surface area contributed by atoms with Crippen LogP contribution in [0.4, 0.5) is 0 Å². The monoisotopic (exact) mass is 750 g/mol. The van der Waals surface area contributed by atoms with E-state index in [4.69, 9.17) is 18.9 Å². The average molecular weight is 750 g/mol. The summed E-state index contributed by atoms with van der Waals surface area (Å²) in [5.74, 6) is -1.04. The maximum Gasteiger partial charge on any atom is 0.311 e. The number of hydrogen-bond donors (Lipinski definition) is 0. The van der Waals surface area contributed by atoms with Crippen LogP contribution in [0, 0.1) is 17.3 Å². The lowest BCUT2D eigenvalue weighted by molar-refractivity contribution is -0.175. The van der Waals surface area contributed by atoms with Gasteiger partial charge in [0, 0.05) is 0 Å². The molecule has 2 aliphatic rings. The highest BCUT2D eigenvalue weighted by atomic mass is 16.6. The minimum atomic E-state index is -0.804. The molecule has 0 saturated carbocycles. The zero-order chi connectivity index (χ0) is 38.7. The summed E-state index contributed by atoms with van der Waals surface area (Å²) in [5, 5.41) is 0. The molecule has 0 radical (unpaired) electrons. The predicted molar refractivity (Wildman–Crippen MR) is 216 cm³/mol. The minimum Gasteiger partial charge on any atom is -0.462 e. The molecule has 2 fully saturated rings. The Labute approximate surface area is 325 Å². The lowest BCUT2D eigenvalue weighted by Crippen LogP contribution is -2.44. The first-order valence-electron chi connectivity index (χ1n) is 22.6. The van der Waals surface area contributed by atoms with Crippen LogP contribution in [0.15, 0.2) is 0 Å². The first-order valence-corrected chi connectivity index (χ1v) is 22.6. The fraction of sp³-hybridized carbons (Fsp3) is 0.933. The number of esters is 3. The largest absolute Gasteiger partial charge is 0.462 e. The SMILES string of the molecule is CCCCCCCCC(CCCCCC)C(=O)OC1CO[C@H](COC(=O)C2(C)CCN(C)CC2)[C@@H]1OC(=O)C(CCCCCC)CCCCCCCC. The second kappa shape index (κ2) is 28.7. The highest BCUT2D eigenvalue weighted by molar-refractivity contribution is 5.76. The van der Waals surface area contributed by atoms with Crippen molar-refractivity contribution in [2.75, 3.05) is 33.4 Å². The van der Waals surface area contributed by atoms with Crippen molar-refractivity contribution in [1.29, 1.82) is 0 Å². The fourth-order valence-corrected chi connectivity index (χ4v) is 7.90. The minimum absolute atomic E-state index is 0.0208. The molecule has 0 amide bonds. The summed E-state index contributed by atoms with van der Waals surface area (Å²) in [7, 11) is 2.07. The molecule has 8 nitrogen and oxygen atoms in total. The lowest BCUT2D eigenvalue weighted by atomic mass is 9.80. The van der Waals surface area contributed by atoms with E-state index in [1.165, 1.54) is 57.8 Å². The van der Waals surface area contributed by atoms with Gasteiger partial charge in [0.25, 0.3) is 0 Å². The van der Waals surface area contributed by atoms with Gasteiger partial charge in [-0.2, -0.15) is 0 Å². The van der Waals surface area contributed by atoms with Gasteiger partial charge in [-0.25, -0.2) is 0 Å². The molecule has 8 heteroatoms. The van der Waals surface area contributed by atoms with Crippen molar-refractivity contribution in [3.8, 4) is 0 Å². The summed E-state index contributed by atoms with van der Waals surface area (Å²) in [5.41, 5.74) is -0.550. The molecular weight excluding hydrogens is 666 g/mol. The van der Waals surface area contributed by atoms with Gasteiger partial charge in [-0.1, -0.05) is 156 Å². The zero-order valence-corrected chi connectivity index (χ0v) is 35.4. The van der Waals surface area contributed by atoms with E-state index in [2.05, 4.69) is 39.6 Å². The first-order chi connectivity index (χ1) is 25.7. The molecule has 0 aliphatic carbocycles. The topological polar surface area (TPSA) is 91.4 Å². The molecule has 310 valence electrons. The van der Waals surface area contributed by atoms with Crippen molar-refractivity contribution >= 4 is 17.9 Å².